The van der Waals surface area contributed by atoms with Crippen molar-refractivity contribution in [2.75, 3.05) is 57.4 Å². The minimum Gasteiger partial charge on any atom is -0.378 e. The number of rotatable bonds is 7. The number of nitrogens with zero attached hydrogens (tertiary/aromatic N) is 4. The average Bonchev–Trinajstić information content (AvgIpc) is 3.35. The first-order chi connectivity index (χ1) is 15.2. The van der Waals surface area contributed by atoms with Crippen LogP contribution in [0.25, 0.3) is 0 Å². The summed E-state index contributed by atoms with van der Waals surface area (Å²) in [6, 6.07) is 0. The van der Waals surface area contributed by atoms with Crippen molar-refractivity contribution < 1.29 is 19.1 Å². The third-order valence-electron chi connectivity index (χ3n) is 6.14. The zero-order valence-electron chi connectivity index (χ0n) is 18.2. The van der Waals surface area contributed by atoms with Gasteiger partial charge in [-0.2, -0.15) is 0 Å². The van der Waals surface area contributed by atoms with E-state index in [4.69, 9.17) is 14.5 Å². The Hall–Kier alpha value is -2.26. The van der Waals surface area contributed by atoms with Crippen LogP contribution in [0, 0.1) is 0 Å². The number of hydrogen-bond acceptors (Lipinski definition) is 7. The Labute approximate surface area is 183 Å². The minimum absolute atomic E-state index is 0.0111. The summed E-state index contributed by atoms with van der Waals surface area (Å²) in [5.74, 6) is 0.600. The van der Waals surface area contributed by atoms with Crippen molar-refractivity contribution in [1.29, 1.82) is 0 Å². The third kappa shape index (κ3) is 5.92. The summed E-state index contributed by atoms with van der Waals surface area (Å²) in [5, 5.41) is 2.98. The van der Waals surface area contributed by atoms with Gasteiger partial charge in [0, 0.05) is 51.9 Å². The quantitative estimate of drug-likeness (QED) is 0.692. The van der Waals surface area contributed by atoms with E-state index in [0.717, 1.165) is 64.9 Å². The summed E-state index contributed by atoms with van der Waals surface area (Å²) < 4.78 is 11.1. The smallest absolute Gasteiger partial charge is 0.257 e. The van der Waals surface area contributed by atoms with Gasteiger partial charge < -0.3 is 24.6 Å². The average molecular weight is 432 g/mol. The maximum Gasteiger partial charge on any atom is 0.257 e. The fourth-order valence-electron chi connectivity index (χ4n) is 4.35. The molecule has 0 saturated carbocycles. The molecule has 0 radical (unpaired) electrons. The largest absolute Gasteiger partial charge is 0.378 e. The molecular formula is C22H33N5O4. The number of hydrogen-bond donors (Lipinski definition) is 1. The second-order valence-corrected chi connectivity index (χ2v) is 8.42. The molecule has 1 N–H and O–H groups in total. The van der Waals surface area contributed by atoms with Crippen LogP contribution in [0.2, 0.25) is 0 Å². The van der Waals surface area contributed by atoms with Crippen LogP contribution in [0.1, 0.15) is 54.6 Å². The molecule has 31 heavy (non-hydrogen) atoms. The number of likely N-dealkylation sites (tertiary alicyclic amines) is 1. The summed E-state index contributed by atoms with van der Waals surface area (Å²) in [5.41, 5.74) is 1.24. The molecule has 2 amide bonds. The Morgan fingerprint density at radius 2 is 1.87 bits per heavy atom. The van der Waals surface area contributed by atoms with E-state index in [0.29, 0.717) is 49.8 Å². The van der Waals surface area contributed by atoms with Gasteiger partial charge in [0.25, 0.3) is 5.91 Å². The van der Waals surface area contributed by atoms with E-state index >= 15 is 0 Å². The van der Waals surface area contributed by atoms with Crippen molar-refractivity contribution in [3.8, 4) is 0 Å². The maximum absolute atomic E-state index is 13.0. The predicted molar refractivity (Wildman–Crippen MR) is 115 cm³/mol. The first kappa shape index (κ1) is 22.0. The Morgan fingerprint density at radius 1 is 1.06 bits per heavy atom. The topological polar surface area (TPSA) is 96.9 Å². The van der Waals surface area contributed by atoms with E-state index in [2.05, 4.69) is 15.2 Å². The van der Waals surface area contributed by atoms with Gasteiger partial charge in [-0.25, -0.2) is 9.97 Å². The van der Waals surface area contributed by atoms with Gasteiger partial charge in [0.05, 0.1) is 37.0 Å². The van der Waals surface area contributed by atoms with Gasteiger partial charge in [-0.05, 0) is 32.1 Å². The third-order valence-corrected chi connectivity index (χ3v) is 6.14. The zero-order valence-corrected chi connectivity index (χ0v) is 18.2. The van der Waals surface area contributed by atoms with Gasteiger partial charge in [0.15, 0.2) is 0 Å². The van der Waals surface area contributed by atoms with E-state index in [1.807, 2.05) is 4.90 Å². The molecule has 1 atom stereocenters. The van der Waals surface area contributed by atoms with Gasteiger partial charge in [0.2, 0.25) is 11.9 Å². The van der Waals surface area contributed by atoms with Crippen molar-refractivity contribution in [2.24, 2.45) is 0 Å². The van der Waals surface area contributed by atoms with Gasteiger partial charge >= 0.3 is 0 Å². The number of ether oxygens (including phenoxy) is 2. The van der Waals surface area contributed by atoms with E-state index in [9.17, 15) is 9.59 Å². The van der Waals surface area contributed by atoms with E-state index < -0.39 is 0 Å². The molecule has 3 aliphatic heterocycles. The van der Waals surface area contributed by atoms with Crippen molar-refractivity contribution in [3.63, 3.8) is 0 Å². The molecule has 4 heterocycles. The number of anilines is 1. The maximum atomic E-state index is 13.0. The van der Waals surface area contributed by atoms with E-state index in [1.165, 1.54) is 0 Å². The molecule has 9 nitrogen and oxygen atoms in total. The molecule has 0 aliphatic carbocycles. The Bertz CT molecular complexity index is 756. The predicted octanol–water partition coefficient (Wildman–Crippen LogP) is 1.17. The molecule has 0 bridgehead atoms. The lowest BCUT2D eigenvalue weighted by Crippen LogP contribution is -2.38. The lowest BCUT2D eigenvalue weighted by molar-refractivity contribution is -0.124. The van der Waals surface area contributed by atoms with E-state index in [1.54, 1.807) is 6.20 Å². The molecule has 3 fully saturated rings. The van der Waals surface area contributed by atoms with Crippen LogP contribution in [0.4, 0.5) is 5.95 Å². The number of morpholine rings is 1. The summed E-state index contributed by atoms with van der Waals surface area (Å²) in [4.78, 5) is 38.5. The fraction of sp³-hybridized carbons (Fsp3) is 0.727. The van der Waals surface area contributed by atoms with Crippen molar-refractivity contribution in [2.45, 2.75) is 51.0 Å². The Kier molecular flexibility index (Phi) is 7.69. The molecule has 3 saturated heterocycles. The first-order valence-electron chi connectivity index (χ1n) is 11.6. The van der Waals surface area contributed by atoms with Gasteiger partial charge in [0.1, 0.15) is 0 Å². The molecule has 3 aliphatic rings. The molecule has 0 unspecified atom stereocenters. The normalized spacial score (nSPS) is 21.9. The monoisotopic (exact) mass is 431 g/mol. The van der Waals surface area contributed by atoms with E-state index in [-0.39, 0.29) is 17.9 Å². The van der Waals surface area contributed by atoms with Crippen LogP contribution in [0.15, 0.2) is 6.20 Å². The van der Waals surface area contributed by atoms with Gasteiger partial charge in [-0.15, -0.1) is 0 Å². The van der Waals surface area contributed by atoms with Gasteiger partial charge in [-0.3, -0.25) is 9.59 Å². The highest BCUT2D eigenvalue weighted by atomic mass is 16.5. The van der Waals surface area contributed by atoms with Crippen LogP contribution in [0.3, 0.4) is 0 Å². The fourth-order valence-corrected chi connectivity index (χ4v) is 4.35. The SMILES string of the molecule is O=C(C[C@@H]1CCCCO1)NCCc1nc(N2CCOCC2)ncc1C(=O)N1CCCC1. The van der Waals surface area contributed by atoms with Crippen LogP contribution in [-0.4, -0.2) is 85.3 Å². The Balaban J connectivity index is 1.40. The highest BCUT2D eigenvalue weighted by Crippen LogP contribution is 2.19. The highest BCUT2D eigenvalue weighted by molar-refractivity contribution is 5.95. The molecule has 1 aromatic heterocycles. The standard InChI is InChI=1S/C22H33N5O4/c28-20(15-17-5-1-4-12-31-17)23-7-6-19-18(21(29)26-8-2-3-9-26)16-24-22(25-19)27-10-13-30-14-11-27/h16-17H,1-15H2,(H,23,28)/t17-/m0/s1. The number of carbonyl (C=O) groups is 2. The summed E-state index contributed by atoms with van der Waals surface area (Å²) >= 11 is 0. The second-order valence-electron chi connectivity index (χ2n) is 8.42. The second kappa shape index (κ2) is 10.9. The molecule has 4 rings (SSSR count). The summed E-state index contributed by atoms with van der Waals surface area (Å²) in [6.07, 6.45) is 7.76. The van der Waals surface area contributed by atoms with Crippen LogP contribution < -0.4 is 10.2 Å². The highest BCUT2D eigenvalue weighted by Gasteiger charge is 2.25. The van der Waals surface area contributed by atoms with Crippen LogP contribution in [-0.2, 0) is 20.7 Å². The van der Waals surface area contributed by atoms with Crippen molar-refractivity contribution in [1.82, 2.24) is 20.2 Å². The lowest BCUT2D eigenvalue weighted by atomic mass is 10.1. The van der Waals surface area contributed by atoms with Crippen LogP contribution in [0.5, 0.6) is 0 Å². The molecule has 0 spiro atoms. The minimum atomic E-state index is -0.0122. The lowest BCUT2D eigenvalue weighted by Gasteiger charge is -2.27. The molecule has 9 heteroatoms. The molecular weight excluding hydrogens is 398 g/mol. The van der Waals surface area contributed by atoms with Crippen LogP contribution >= 0.6 is 0 Å². The molecule has 170 valence electrons. The number of aromatic nitrogens is 2. The summed E-state index contributed by atoms with van der Waals surface area (Å²) in [6.45, 7) is 5.49. The van der Waals surface area contributed by atoms with Crippen molar-refractivity contribution in [3.05, 3.63) is 17.5 Å². The molecule has 1 aromatic rings. The number of carbonyl (C=O) groups excluding carboxylic acids is 2. The summed E-state index contributed by atoms with van der Waals surface area (Å²) in [7, 11) is 0. The first-order valence-corrected chi connectivity index (χ1v) is 11.6. The Morgan fingerprint density at radius 3 is 2.61 bits per heavy atom. The zero-order chi connectivity index (χ0) is 21.5. The van der Waals surface area contributed by atoms with Crippen molar-refractivity contribution >= 4 is 17.8 Å². The number of amides is 2. The van der Waals surface area contributed by atoms with Gasteiger partial charge in [-0.1, -0.05) is 0 Å². The number of nitrogens with one attached hydrogen (secondary N) is 1. The molecule has 0 aromatic carbocycles.